The molecule has 10 heavy (non-hydrogen) atoms. The van der Waals surface area contributed by atoms with Gasteiger partial charge in [-0.3, -0.25) is 0 Å². The molecule has 0 spiro atoms. The van der Waals surface area contributed by atoms with Crippen LogP contribution in [0.15, 0.2) is 24.2 Å². The predicted octanol–water partition coefficient (Wildman–Crippen LogP) is 2.39. The van der Waals surface area contributed by atoms with Crippen molar-refractivity contribution in [2.45, 2.75) is 13.8 Å². The van der Waals surface area contributed by atoms with Crippen LogP contribution in [0.5, 0.6) is 5.75 Å². The Labute approximate surface area is 64.4 Å². The molecule has 0 bridgehead atoms. The average molecular weight is 138 g/mol. The summed E-state index contributed by atoms with van der Waals surface area (Å²) in [7, 11) is 0. The number of hydrogen-bond acceptors (Lipinski definition) is 1. The van der Waals surface area contributed by atoms with Gasteiger partial charge in [0, 0.05) is 0 Å². The van der Waals surface area contributed by atoms with Crippen LogP contribution in [0.2, 0.25) is 0 Å². The van der Waals surface area contributed by atoms with Gasteiger partial charge in [-0.15, -0.1) is 0 Å². The molecule has 0 atom stereocenters. The molecule has 1 aromatic rings. The summed E-state index contributed by atoms with van der Waals surface area (Å²) in [5.41, 5.74) is 0.842. The number of hydrogen-bond donors (Lipinski definition) is 0. The zero-order valence-corrected chi connectivity index (χ0v) is 6.27. The highest BCUT2D eigenvalue weighted by molar-refractivity contribution is 5.27. The van der Waals surface area contributed by atoms with Crippen molar-refractivity contribution in [1.29, 1.82) is 0 Å². The van der Waals surface area contributed by atoms with Crippen LogP contribution in [-0.4, -0.2) is 6.61 Å². The van der Waals surface area contributed by atoms with E-state index < -0.39 is 0 Å². The van der Waals surface area contributed by atoms with Crippen LogP contribution in [0.4, 0.5) is 0 Å². The van der Waals surface area contributed by atoms with Crippen LogP contribution in [0.1, 0.15) is 15.2 Å². The Morgan fingerprint density at radius 1 is 1.60 bits per heavy atom. The number of benzene rings is 1. The van der Waals surface area contributed by atoms with Crippen molar-refractivity contribution in [3.8, 4) is 5.75 Å². The van der Waals surface area contributed by atoms with Crippen LogP contribution in [0, 0.1) is 6.92 Å². The Morgan fingerprint density at radius 3 is 3.10 bits per heavy atom. The standard InChI is InChI=1S/C9H12O/c1-3-10-9-6-4-5-8(2)7-9/h4-7H,3H2,1-2H3/i5D,6D. The molecule has 0 aliphatic carbocycles. The van der Waals surface area contributed by atoms with Crippen molar-refractivity contribution >= 4 is 0 Å². The molecule has 0 N–H and O–H groups in total. The molecular weight excluding hydrogens is 124 g/mol. The molecule has 1 heteroatoms. The number of ether oxygens (including phenoxy) is 1. The molecule has 0 saturated carbocycles. The predicted molar refractivity (Wildman–Crippen MR) is 42.3 cm³/mol. The smallest absolute Gasteiger partial charge is 0.119 e. The molecular formula is C9H12O. The fourth-order valence-corrected chi connectivity index (χ4v) is 0.740. The van der Waals surface area contributed by atoms with Crippen LogP contribution in [0.25, 0.3) is 0 Å². The van der Waals surface area contributed by atoms with E-state index in [1.54, 1.807) is 6.07 Å². The lowest BCUT2D eigenvalue weighted by Crippen LogP contribution is -1.90. The third-order valence-electron chi connectivity index (χ3n) is 1.16. The second-order valence-corrected chi connectivity index (χ2v) is 2.06. The fourth-order valence-electron chi connectivity index (χ4n) is 0.740. The van der Waals surface area contributed by atoms with E-state index in [9.17, 15) is 0 Å². The number of aryl methyl sites for hydroxylation is 1. The van der Waals surface area contributed by atoms with E-state index >= 15 is 0 Å². The Hall–Kier alpha value is -0.980. The van der Waals surface area contributed by atoms with Crippen molar-refractivity contribution in [2.24, 2.45) is 0 Å². The van der Waals surface area contributed by atoms with Crippen molar-refractivity contribution < 1.29 is 7.48 Å². The van der Waals surface area contributed by atoms with Gasteiger partial charge < -0.3 is 4.74 Å². The Bertz CT molecular complexity index is 284. The summed E-state index contributed by atoms with van der Waals surface area (Å²) in [6.45, 7) is 4.27. The lowest BCUT2D eigenvalue weighted by Gasteiger charge is -2.01. The second kappa shape index (κ2) is 3.25. The van der Waals surface area contributed by atoms with Crippen molar-refractivity contribution in [3.63, 3.8) is 0 Å². The van der Waals surface area contributed by atoms with Gasteiger partial charge in [-0.2, -0.15) is 0 Å². The molecule has 0 radical (unpaired) electrons. The van der Waals surface area contributed by atoms with Crippen LogP contribution in [-0.2, 0) is 0 Å². The molecule has 54 valence electrons. The van der Waals surface area contributed by atoms with Gasteiger partial charge in [0.05, 0.1) is 9.35 Å². The summed E-state index contributed by atoms with van der Waals surface area (Å²) in [6, 6.07) is 3.91. The monoisotopic (exact) mass is 138 g/mol. The Kier molecular flexibility index (Phi) is 1.55. The third kappa shape index (κ3) is 1.76. The van der Waals surface area contributed by atoms with E-state index in [0.717, 1.165) is 5.56 Å². The highest BCUT2D eigenvalue weighted by Gasteiger charge is 1.88. The van der Waals surface area contributed by atoms with Gasteiger partial charge in [0.25, 0.3) is 0 Å². The normalized spacial score (nSPS) is 12.2. The average Bonchev–Trinajstić information content (AvgIpc) is 2.01. The summed E-state index contributed by atoms with van der Waals surface area (Å²) in [5.74, 6) is 0.561. The van der Waals surface area contributed by atoms with E-state index in [1.165, 1.54) is 6.07 Å². The summed E-state index contributed by atoms with van der Waals surface area (Å²) in [4.78, 5) is 0. The minimum absolute atomic E-state index is 0.285. The Balaban J connectivity index is 3.05. The molecule has 0 heterocycles. The molecule has 0 aliphatic heterocycles. The van der Waals surface area contributed by atoms with Crippen LogP contribution < -0.4 is 4.74 Å². The molecule has 0 aromatic heterocycles. The quantitative estimate of drug-likeness (QED) is 0.609. The van der Waals surface area contributed by atoms with Gasteiger partial charge in [-0.1, -0.05) is 12.1 Å². The molecule has 1 aromatic carbocycles. The van der Waals surface area contributed by atoms with E-state index in [0.29, 0.717) is 18.4 Å². The highest BCUT2D eigenvalue weighted by atomic mass is 16.5. The minimum atomic E-state index is 0.285. The number of rotatable bonds is 2. The maximum absolute atomic E-state index is 7.47. The van der Waals surface area contributed by atoms with Crippen molar-refractivity contribution in [2.75, 3.05) is 6.61 Å². The van der Waals surface area contributed by atoms with Crippen LogP contribution in [0.3, 0.4) is 0 Å². The van der Waals surface area contributed by atoms with E-state index in [2.05, 4.69) is 0 Å². The maximum Gasteiger partial charge on any atom is 0.119 e. The zero-order valence-electron chi connectivity index (χ0n) is 8.27. The first-order valence-corrected chi connectivity index (χ1v) is 3.35. The first-order chi connectivity index (χ1) is 5.65. The molecule has 0 saturated heterocycles. The van der Waals surface area contributed by atoms with E-state index in [1.807, 2.05) is 13.8 Å². The summed E-state index contributed by atoms with van der Waals surface area (Å²) in [6.07, 6.45) is 0. The second-order valence-electron chi connectivity index (χ2n) is 2.06. The van der Waals surface area contributed by atoms with E-state index in [4.69, 9.17) is 7.48 Å². The highest BCUT2D eigenvalue weighted by Crippen LogP contribution is 2.11. The van der Waals surface area contributed by atoms with Crippen LogP contribution >= 0.6 is 0 Å². The minimum Gasteiger partial charge on any atom is -0.494 e. The maximum atomic E-state index is 7.47. The summed E-state index contributed by atoms with van der Waals surface area (Å²) >= 11 is 0. The fraction of sp³-hybridized carbons (Fsp3) is 0.333. The van der Waals surface area contributed by atoms with Gasteiger partial charge >= 0.3 is 0 Å². The zero-order chi connectivity index (χ0) is 9.14. The van der Waals surface area contributed by atoms with Gasteiger partial charge in [0.2, 0.25) is 0 Å². The van der Waals surface area contributed by atoms with Gasteiger partial charge in [-0.25, -0.2) is 0 Å². The first-order valence-electron chi connectivity index (χ1n) is 4.35. The molecule has 1 rings (SSSR count). The largest absolute Gasteiger partial charge is 0.494 e. The van der Waals surface area contributed by atoms with Crippen molar-refractivity contribution in [3.05, 3.63) is 29.8 Å². The van der Waals surface area contributed by atoms with Gasteiger partial charge in [0.1, 0.15) is 5.75 Å². The van der Waals surface area contributed by atoms with E-state index in [-0.39, 0.29) is 6.04 Å². The van der Waals surface area contributed by atoms with Gasteiger partial charge in [0.15, 0.2) is 0 Å². The van der Waals surface area contributed by atoms with Gasteiger partial charge in [-0.05, 0) is 31.5 Å². The summed E-state index contributed by atoms with van der Waals surface area (Å²) in [5, 5.41) is 0. The van der Waals surface area contributed by atoms with Crippen molar-refractivity contribution in [1.82, 2.24) is 0 Å². The lowest BCUT2D eigenvalue weighted by atomic mass is 10.2. The molecule has 1 nitrogen and oxygen atoms in total. The topological polar surface area (TPSA) is 9.23 Å². The molecule has 0 aliphatic rings. The lowest BCUT2D eigenvalue weighted by molar-refractivity contribution is 0.340. The first kappa shape index (κ1) is 4.78. The Morgan fingerprint density at radius 2 is 2.40 bits per heavy atom. The SMILES string of the molecule is [2H]c1cc([2H])c(OCC)cc1C. The third-order valence-corrected chi connectivity index (χ3v) is 1.16. The molecule has 0 unspecified atom stereocenters. The summed E-state index contributed by atoms with van der Waals surface area (Å²) < 4.78 is 20.1. The molecule has 0 amide bonds. The molecule has 0 fully saturated rings.